The zero-order valence-electron chi connectivity index (χ0n) is 33.2. The topological polar surface area (TPSA) is 97.6 Å². The van der Waals surface area contributed by atoms with Crippen LogP contribution in [-0.2, 0) is 19.9 Å². The molecule has 0 radical (unpaired) electrons. The highest BCUT2D eigenvalue weighted by Gasteiger charge is 2.73. The summed E-state index contributed by atoms with van der Waals surface area (Å²) >= 11 is 0. The van der Waals surface area contributed by atoms with Crippen molar-refractivity contribution in [3.8, 4) is 5.75 Å². The van der Waals surface area contributed by atoms with Crippen LogP contribution in [0.1, 0.15) is 97.9 Å². The van der Waals surface area contributed by atoms with Gasteiger partial charge in [-0.1, -0.05) is 105 Å². The van der Waals surface area contributed by atoms with Gasteiger partial charge in [0.1, 0.15) is 41.9 Å². The third kappa shape index (κ3) is 7.20. The Labute approximate surface area is 300 Å². The molecule has 4 rings (SSSR count). The van der Waals surface area contributed by atoms with Crippen molar-refractivity contribution in [2.45, 2.75) is 172 Å². The van der Waals surface area contributed by atoms with Gasteiger partial charge in [0.25, 0.3) is 0 Å². The molecule has 1 fully saturated rings. The van der Waals surface area contributed by atoms with Crippen LogP contribution in [0.3, 0.4) is 0 Å². The number of fused-ring (bicyclic) bond motifs is 3. The second kappa shape index (κ2) is 12.9. The van der Waals surface area contributed by atoms with Crippen molar-refractivity contribution in [3.63, 3.8) is 0 Å². The molecule has 0 saturated heterocycles. The number of hydrogen-bond donors (Lipinski definition) is 3. The molecular formula is C39H66O7Si3. The van der Waals surface area contributed by atoms with Crippen LogP contribution in [0.4, 0.5) is 0 Å². The Hall–Kier alpha value is -1.35. The van der Waals surface area contributed by atoms with Crippen LogP contribution in [0.15, 0.2) is 48.5 Å². The standard InChI is InChI=1S/C39H66O7Si3/c1-35(2,3)47(11,12)44-31-30-29-27(23-20-24-28(29)43-25-26-21-18-17-19-22-26)32(45-48(13,14)36(4,5)6)39(30,42)34(40)38(10,41)33(31)46-49(15,16)37(7,8)9/h17-24,30-34,40-42H,25H2,1-16H3/t30-,31-,32+,33+,34-,38-,39-/m0/s1. The molecular weight excluding hydrogens is 665 g/mol. The number of rotatable bonds is 9. The molecule has 0 spiro atoms. The van der Waals surface area contributed by atoms with Crippen LogP contribution in [0.2, 0.25) is 54.4 Å². The molecule has 0 amide bonds. The molecule has 0 heterocycles. The van der Waals surface area contributed by atoms with Crippen molar-refractivity contribution in [3.05, 3.63) is 65.2 Å². The fourth-order valence-electron chi connectivity index (χ4n) is 6.46. The smallest absolute Gasteiger partial charge is 0.193 e. The van der Waals surface area contributed by atoms with E-state index in [1.54, 1.807) is 6.92 Å². The molecule has 2 aliphatic carbocycles. The number of hydrogen-bond acceptors (Lipinski definition) is 7. The van der Waals surface area contributed by atoms with E-state index in [9.17, 15) is 15.3 Å². The van der Waals surface area contributed by atoms with Gasteiger partial charge in [0, 0.05) is 11.5 Å². The molecule has 10 heteroatoms. The van der Waals surface area contributed by atoms with Gasteiger partial charge in [0.15, 0.2) is 25.0 Å². The second-order valence-electron chi connectivity index (χ2n) is 19.4. The third-order valence-electron chi connectivity index (χ3n) is 12.7. The average Bonchev–Trinajstić information content (AvgIpc) is 3.20. The van der Waals surface area contributed by atoms with E-state index in [2.05, 4.69) is 102 Å². The summed E-state index contributed by atoms with van der Waals surface area (Å²) in [5.74, 6) is -0.210. The molecule has 2 aromatic carbocycles. The highest BCUT2D eigenvalue weighted by Crippen LogP contribution is 2.64. The quantitative estimate of drug-likeness (QED) is 0.222. The second-order valence-corrected chi connectivity index (χ2v) is 33.7. The maximum Gasteiger partial charge on any atom is 0.193 e. The lowest BCUT2D eigenvalue weighted by molar-refractivity contribution is -0.280. The monoisotopic (exact) mass is 730 g/mol. The maximum absolute atomic E-state index is 13.4. The molecule has 7 nitrogen and oxygen atoms in total. The summed E-state index contributed by atoms with van der Waals surface area (Å²) in [5.41, 5.74) is -1.30. The summed E-state index contributed by atoms with van der Waals surface area (Å²) in [6.07, 6.45) is -4.31. The van der Waals surface area contributed by atoms with Gasteiger partial charge in [-0.3, -0.25) is 0 Å². The normalized spacial score (nSPS) is 29.8. The maximum atomic E-state index is 13.4. The summed E-state index contributed by atoms with van der Waals surface area (Å²) in [4.78, 5) is 0. The first-order valence-corrected chi connectivity index (χ1v) is 26.7. The van der Waals surface area contributed by atoms with Crippen LogP contribution in [0.5, 0.6) is 5.75 Å². The Kier molecular flexibility index (Phi) is 10.7. The lowest BCUT2D eigenvalue weighted by atomic mass is 9.63. The van der Waals surface area contributed by atoms with E-state index in [1.807, 2.05) is 48.5 Å². The molecule has 2 aromatic rings. The van der Waals surface area contributed by atoms with Crippen LogP contribution < -0.4 is 4.74 Å². The Balaban J connectivity index is 2.04. The zero-order valence-corrected chi connectivity index (χ0v) is 36.2. The first-order valence-electron chi connectivity index (χ1n) is 18.0. The van der Waals surface area contributed by atoms with E-state index in [4.69, 9.17) is 18.0 Å². The summed E-state index contributed by atoms with van der Waals surface area (Å²) in [6.45, 7) is 34.4. The van der Waals surface area contributed by atoms with E-state index in [-0.39, 0.29) is 15.1 Å². The molecule has 0 bridgehead atoms. The van der Waals surface area contributed by atoms with Crippen LogP contribution in [0.25, 0.3) is 0 Å². The summed E-state index contributed by atoms with van der Waals surface area (Å²) in [7, 11) is -7.70. The van der Waals surface area contributed by atoms with E-state index < -0.39 is 66.5 Å². The summed E-state index contributed by atoms with van der Waals surface area (Å²) in [6, 6.07) is 15.8. The van der Waals surface area contributed by atoms with Gasteiger partial charge >= 0.3 is 0 Å². The van der Waals surface area contributed by atoms with Crippen molar-refractivity contribution < 1.29 is 33.3 Å². The van der Waals surface area contributed by atoms with E-state index >= 15 is 0 Å². The van der Waals surface area contributed by atoms with Crippen molar-refractivity contribution in [2.75, 3.05) is 0 Å². The Morgan fingerprint density at radius 1 is 0.673 bits per heavy atom. The highest BCUT2D eigenvalue weighted by atomic mass is 28.4. The van der Waals surface area contributed by atoms with Crippen molar-refractivity contribution in [1.82, 2.24) is 0 Å². The first kappa shape index (κ1) is 40.4. The van der Waals surface area contributed by atoms with Crippen LogP contribution >= 0.6 is 0 Å². The minimum absolute atomic E-state index is 0.184. The molecule has 0 unspecified atom stereocenters. The molecule has 49 heavy (non-hydrogen) atoms. The first-order chi connectivity index (χ1) is 22.0. The van der Waals surface area contributed by atoms with Gasteiger partial charge in [-0.2, -0.15) is 0 Å². The average molecular weight is 731 g/mol. The molecule has 7 atom stereocenters. The Morgan fingerprint density at radius 2 is 1.16 bits per heavy atom. The van der Waals surface area contributed by atoms with E-state index in [0.29, 0.717) is 12.4 Å². The molecule has 276 valence electrons. The molecule has 2 aliphatic rings. The fourth-order valence-corrected chi connectivity index (χ4v) is 10.4. The molecule has 0 aliphatic heterocycles. The van der Waals surface area contributed by atoms with Crippen molar-refractivity contribution in [1.29, 1.82) is 0 Å². The molecule has 1 saturated carbocycles. The fraction of sp³-hybridized carbons (Fsp3) is 0.692. The molecule has 3 N–H and O–H groups in total. The SMILES string of the molecule is CC(C)(C)[Si](C)(C)O[C@@H]1[C@@H](O[Si](C)(C)C(C)(C)C)[C@](C)(O)[C@H](O)[C@@]2(O)[C@H](O[Si](C)(C)C(C)(C)C)c3cccc(OCc4ccccc4)c3[C@@H]12. The predicted molar refractivity (Wildman–Crippen MR) is 207 cm³/mol. The Bertz CT molecular complexity index is 1470. The lowest BCUT2D eigenvalue weighted by Gasteiger charge is -2.60. The van der Waals surface area contributed by atoms with Gasteiger partial charge < -0.3 is 33.3 Å². The number of aliphatic hydroxyl groups is 3. The predicted octanol–water partition coefficient (Wildman–Crippen LogP) is 9.06. The third-order valence-corrected chi connectivity index (χ3v) is 26.1. The van der Waals surface area contributed by atoms with Crippen molar-refractivity contribution >= 4 is 25.0 Å². The van der Waals surface area contributed by atoms with Gasteiger partial charge in [0.2, 0.25) is 0 Å². The number of aliphatic hydroxyl groups excluding tert-OH is 1. The van der Waals surface area contributed by atoms with Crippen molar-refractivity contribution in [2.24, 2.45) is 0 Å². The van der Waals surface area contributed by atoms with E-state index in [0.717, 1.165) is 16.7 Å². The lowest BCUT2D eigenvalue weighted by Crippen LogP contribution is -2.75. The van der Waals surface area contributed by atoms with Gasteiger partial charge in [0.05, 0.1) is 6.10 Å². The Morgan fingerprint density at radius 3 is 1.67 bits per heavy atom. The summed E-state index contributed by atoms with van der Waals surface area (Å²) < 4.78 is 28.4. The van der Waals surface area contributed by atoms with Crippen LogP contribution in [-0.4, -0.2) is 69.8 Å². The van der Waals surface area contributed by atoms with Gasteiger partial charge in [-0.05, 0) is 78.5 Å². The van der Waals surface area contributed by atoms with Crippen LogP contribution in [0, 0.1) is 0 Å². The molecule has 0 aromatic heterocycles. The minimum Gasteiger partial charge on any atom is -0.489 e. The van der Waals surface area contributed by atoms with Gasteiger partial charge in [-0.15, -0.1) is 0 Å². The van der Waals surface area contributed by atoms with Gasteiger partial charge in [-0.25, -0.2) is 0 Å². The van der Waals surface area contributed by atoms with E-state index in [1.165, 1.54) is 0 Å². The zero-order chi connectivity index (χ0) is 37.4. The number of ether oxygens (including phenoxy) is 1. The summed E-state index contributed by atoms with van der Waals surface area (Å²) in [5, 5.41) is 38.0. The minimum atomic E-state index is -2.58. The highest BCUT2D eigenvalue weighted by molar-refractivity contribution is 6.75. The largest absolute Gasteiger partial charge is 0.489 e. The number of benzene rings is 2.